The van der Waals surface area contributed by atoms with Crippen LogP contribution in [0.15, 0.2) is 53.4 Å². The van der Waals surface area contributed by atoms with E-state index >= 15 is 0 Å². The maximum atomic E-state index is 12.5. The number of carbonyl (C=O) groups excluding carboxylic acids is 2. The number of hydrogen-bond donors (Lipinski definition) is 3. The second kappa shape index (κ2) is 8.30. The molecule has 148 valence electrons. The quantitative estimate of drug-likeness (QED) is 0.711. The molecule has 1 saturated heterocycles. The molecule has 0 atom stereocenters. The van der Waals surface area contributed by atoms with Crippen LogP contribution in [0.5, 0.6) is 0 Å². The van der Waals surface area contributed by atoms with Crippen molar-refractivity contribution in [3.8, 4) is 0 Å². The highest BCUT2D eigenvalue weighted by Gasteiger charge is 2.18. The van der Waals surface area contributed by atoms with Gasteiger partial charge in [-0.1, -0.05) is 0 Å². The van der Waals surface area contributed by atoms with Crippen molar-refractivity contribution in [3.63, 3.8) is 0 Å². The van der Waals surface area contributed by atoms with Gasteiger partial charge in [0, 0.05) is 30.0 Å². The normalized spacial score (nSPS) is 14.4. The van der Waals surface area contributed by atoms with Gasteiger partial charge in [0.25, 0.3) is 10.0 Å². The third-order valence-corrected chi connectivity index (χ3v) is 5.88. The van der Waals surface area contributed by atoms with Crippen LogP contribution in [0.1, 0.15) is 29.6 Å². The van der Waals surface area contributed by atoms with Crippen molar-refractivity contribution in [3.05, 3.63) is 54.1 Å². The molecule has 28 heavy (non-hydrogen) atoms. The molecule has 3 rings (SSSR count). The summed E-state index contributed by atoms with van der Waals surface area (Å²) in [5, 5.41) is 2.78. The van der Waals surface area contributed by atoms with Crippen LogP contribution in [0, 0.1) is 0 Å². The Hall–Kier alpha value is -3.07. The van der Waals surface area contributed by atoms with Crippen molar-refractivity contribution in [2.24, 2.45) is 5.73 Å². The molecular formula is C19H22N4O4S. The molecule has 0 aromatic heterocycles. The standard InChI is InChI=1S/C19H22N4O4S/c20-18(24)14-4-6-16(7-5-14)22-28(26,27)17-10-8-15(9-11-17)21-19(25)23-12-2-1-3-13-23/h4-11,22H,1-3,12-13H2,(H2,20,24)(H,21,25). The minimum Gasteiger partial charge on any atom is -0.366 e. The van der Waals surface area contributed by atoms with Gasteiger partial charge in [-0.05, 0) is 67.8 Å². The third kappa shape index (κ3) is 4.80. The van der Waals surface area contributed by atoms with Gasteiger partial charge in [-0.15, -0.1) is 0 Å². The Morgan fingerprint density at radius 1 is 0.857 bits per heavy atom. The van der Waals surface area contributed by atoms with Crippen molar-refractivity contribution < 1.29 is 18.0 Å². The molecule has 0 radical (unpaired) electrons. The molecule has 0 saturated carbocycles. The third-order valence-electron chi connectivity index (χ3n) is 4.48. The molecule has 0 aliphatic carbocycles. The minimum atomic E-state index is -3.80. The van der Waals surface area contributed by atoms with E-state index in [1.54, 1.807) is 17.0 Å². The highest BCUT2D eigenvalue weighted by molar-refractivity contribution is 7.92. The number of nitrogens with zero attached hydrogens (tertiary/aromatic N) is 1. The second-order valence-corrected chi connectivity index (χ2v) is 8.23. The molecule has 2 aromatic rings. The summed E-state index contributed by atoms with van der Waals surface area (Å²) in [7, 11) is -3.80. The van der Waals surface area contributed by atoms with Crippen LogP contribution in [0.4, 0.5) is 16.2 Å². The molecule has 9 heteroatoms. The van der Waals surface area contributed by atoms with E-state index in [0.29, 0.717) is 11.4 Å². The van der Waals surface area contributed by atoms with Gasteiger partial charge < -0.3 is 16.0 Å². The first-order valence-corrected chi connectivity index (χ1v) is 10.4. The Bertz CT molecular complexity index is 950. The summed E-state index contributed by atoms with van der Waals surface area (Å²) in [5.74, 6) is -0.586. The number of urea groups is 1. The molecule has 3 amide bonds. The maximum Gasteiger partial charge on any atom is 0.321 e. The number of rotatable bonds is 5. The van der Waals surface area contributed by atoms with Crippen LogP contribution in [0.2, 0.25) is 0 Å². The summed E-state index contributed by atoms with van der Waals surface area (Å²) in [4.78, 5) is 25.1. The van der Waals surface area contributed by atoms with E-state index in [4.69, 9.17) is 5.73 Å². The minimum absolute atomic E-state index is 0.0578. The molecule has 1 heterocycles. The molecule has 8 nitrogen and oxygen atoms in total. The smallest absolute Gasteiger partial charge is 0.321 e. The highest BCUT2D eigenvalue weighted by atomic mass is 32.2. The van der Waals surface area contributed by atoms with E-state index < -0.39 is 15.9 Å². The van der Waals surface area contributed by atoms with E-state index in [9.17, 15) is 18.0 Å². The van der Waals surface area contributed by atoms with Gasteiger partial charge in [-0.3, -0.25) is 9.52 Å². The van der Waals surface area contributed by atoms with Crippen molar-refractivity contribution in [1.82, 2.24) is 4.90 Å². The van der Waals surface area contributed by atoms with Crippen molar-refractivity contribution in [2.45, 2.75) is 24.2 Å². The molecule has 4 N–H and O–H groups in total. The van der Waals surface area contributed by atoms with Crippen LogP contribution in [-0.2, 0) is 10.0 Å². The molecular weight excluding hydrogens is 380 g/mol. The summed E-state index contributed by atoms with van der Waals surface area (Å²) >= 11 is 0. The zero-order valence-corrected chi connectivity index (χ0v) is 16.0. The van der Waals surface area contributed by atoms with Gasteiger partial charge in [0.05, 0.1) is 4.90 Å². The Labute approximate surface area is 163 Å². The number of amides is 3. The summed E-state index contributed by atoms with van der Waals surface area (Å²) in [6.07, 6.45) is 3.13. The zero-order valence-electron chi connectivity index (χ0n) is 15.2. The number of likely N-dealkylation sites (tertiary alicyclic amines) is 1. The predicted octanol–water partition coefficient (Wildman–Crippen LogP) is 2.60. The topological polar surface area (TPSA) is 122 Å². The monoisotopic (exact) mass is 402 g/mol. The van der Waals surface area contributed by atoms with E-state index in [1.807, 2.05) is 0 Å². The molecule has 1 aliphatic heterocycles. The Kier molecular flexibility index (Phi) is 5.84. The van der Waals surface area contributed by atoms with Crippen LogP contribution in [0.3, 0.4) is 0 Å². The number of piperidine rings is 1. The number of carbonyl (C=O) groups is 2. The zero-order chi connectivity index (χ0) is 20.1. The van der Waals surface area contributed by atoms with Gasteiger partial charge in [-0.2, -0.15) is 0 Å². The number of primary amides is 1. The first-order chi connectivity index (χ1) is 13.3. The van der Waals surface area contributed by atoms with Gasteiger partial charge in [-0.25, -0.2) is 13.2 Å². The lowest BCUT2D eigenvalue weighted by molar-refractivity contribution is 0.1000. The fourth-order valence-electron chi connectivity index (χ4n) is 2.93. The van der Waals surface area contributed by atoms with Crippen LogP contribution < -0.4 is 15.8 Å². The van der Waals surface area contributed by atoms with Gasteiger partial charge in [0.2, 0.25) is 5.91 Å². The van der Waals surface area contributed by atoms with E-state index in [-0.39, 0.29) is 16.5 Å². The largest absolute Gasteiger partial charge is 0.366 e. The van der Waals surface area contributed by atoms with Crippen molar-refractivity contribution >= 4 is 33.3 Å². The lowest BCUT2D eigenvalue weighted by Crippen LogP contribution is -2.38. The Morgan fingerprint density at radius 3 is 2.00 bits per heavy atom. The average Bonchev–Trinajstić information content (AvgIpc) is 2.69. The molecule has 0 unspecified atom stereocenters. The second-order valence-electron chi connectivity index (χ2n) is 6.55. The van der Waals surface area contributed by atoms with Crippen LogP contribution in [-0.4, -0.2) is 38.3 Å². The van der Waals surface area contributed by atoms with Crippen LogP contribution >= 0.6 is 0 Å². The predicted molar refractivity (Wildman–Crippen MR) is 107 cm³/mol. The summed E-state index contributed by atoms with van der Waals surface area (Å²) in [5.41, 5.74) is 6.30. The van der Waals surface area contributed by atoms with E-state index in [0.717, 1.165) is 32.4 Å². The summed E-state index contributed by atoms with van der Waals surface area (Å²) in [6, 6.07) is 11.6. The molecule has 2 aromatic carbocycles. The van der Waals surface area contributed by atoms with Crippen LogP contribution in [0.25, 0.3) is 0 Å². The van der Waals surface area contributed by atoms with Gasteiger partial charge in [0.15, 0.2) is 0 Å². The first kappa shape index (κ1) is 19.7. The lowest BCUT2D eigenvalue weighted by Gasteiger charge is -2.26. The molecule has 1 aliphatic rings. The van der Waals surface area contributed by atoms with Crippen molar-refractivity contribution in [1.29, 1.82) is 0 Å². The SMILES string of the molecule is NC(=O)c1ccc(NS(=O)(=O)c2ccc(NC(=O)N3CCCCC3)cc2)cc1. The molecule has 1 fully saturated rings. The highest BCUT2D eigenvalue weighted by Crippen LogP contribution is 2.19. The number of anilines is 2. The number of hydrogen-bond acceptors (Lipinski definition) is 4. The van der Waals surface area contributed by atoms with Crippen molar-refractivity contribution in [2.75, 3.05) is 23.1 Å². The van der Waals surface area contributed by atoms with E-state index in [2.05, 4.69) is 10.0 Å². The van der Waals surface area contributed by atoms with E-state index in [1.165, 1.54) is 36.4 Å². The molecule has 0 spiro atoms. The van der Waals surface area contributed by atoms with Gasteiger partial charge >= 0.3 is 6.03 Å². The Balaban J connectivity index is 1.65. The summed E-state index contributed by atoms with van der Waals surface area (Å²) < 4.78 is 27.4. The number of nitrogens with two attached hydrogens (primary N) is 1. The number of nitrogens with one attached hydrogen (secondary N) is 2. The number of sulfonamides is 1. The Morgan fingerprint density at radius 2 is 1.43 bits per heavy atom. The summed E-state index contributed by atoms with van der Waals surface area (Å²) in [6.45, 7) is 1.47. The average molecular weight is 402 g/mol. The lowest BCUT2D eigenvalue weighted by atomic mass is 10.1. The fraction of sp³-hybridized carbons (Fsp3) is 0.263. The maximum absolute atomic E-state index is 12.5. The first-order valence-electron chi connectivity index (χ1n) is 8.94. The van der Waals surface area contributed by atoms with Gasteiger partial charge in [0.1, 0.15) is 0 Å². The molecule has 0 bridgehead atoms. The number of benzene rings is 2. The fourth-order valence-corrected chi connectivity index (χ4v) is 3.99.